The Morgan fingerprint density at radius 3 is 2.87 bits per heavy atom. The van der Waals surface area contributed by atoms with Gasteiger partial charge in [0, 0.05) is 4.47 Å². The molecular weight excluding hydrogens is 362 g/mol. The first kappa shape index (κ1) is 14.0. The van der Waals surface area contributed by atoms with Crippen molar-refractivity contribution in [1.29, 1.82) is 0 Å². The van der Waals surface area contributed by atoms with Crippen molar-refractivity contribution in [1.82, 2.24) is 14.4 Å². The van der Waals surface area contributed by atoms with Crippen LogP contribution in [-0.4, -0.2) is 27.4 Å². The van der Waals surface area contributed by atoms with E-state index >= 15 is 0 Å². The van der Waals surface area contributed by atoms with Gasteiger partial charge in [-0.2, -0.15) is 0 Å². The molecule has 0 unspecified atom stereocenters. The number of nitrogens with one attached hydrogen (secondary N) is 1. The summed E-state index contributed by atoms with van der Waals surface area (Å²) < 4.78 is 7.01. The molecule has 7 heteroatoms. The third kappa shape index (κ3) is 2.04. The lowest BCUT2D eigenvalue weighted by Gasteiger charge is -2.01. The summed E-state index contributed by atoms with van der Waals surface area (Å²) >= 11 is 3.37. The van der Waals surface area contributed by atoms with Crippen molar-refractivity contribution in [2.24, 2.45) is 0 Å². The number of rotatable bonds is 1. The highest BCUT2D eigenvalue weighted by Crippen LogP contribution is 2.20. The summed E-state index contributed by atoms with van der Waals surface area (Å²) in [6.45, 7) is 0. The molecule has 0 saturated carbocycles. The van der Waals surface area contributed by atoms with Gasteiger partial charge in [0.2, 0.25) is 5.78 Å². The Morgan fingerprint density at radius 1 is 1.26 bits per heavy atom. The minimum atomic E-state index is -0.453. The van der Waals surface area contributed by atoms with Crippen molar-refractivity contribution in [3.63, 3.8) is 0 Å². The average molecular weight is 372 g/mol. The number of fused-ring (bicyclic) bond motifs is 4. The van der Waals surface area contributed by atoms with Gasteiger partial charge in [0.1, 0.15) is 0 Å². The van der Waals surface area contributed by atoms with Crippen LogP contribution < -0.4 is 5.56 Å². The van der Waals surface area contributed by atoms with Gasteiger partial charge in [0.25, 0.3) is 5.56 Å². The molecule has 1 N–H and O–H groups in total. The summed E-state index contributed by atoms with van der Waals surface area (Å²) in [7, 11) is 1.32. The van der Waals surface area contributed by atoms with E-state index in [0.717, 1.165) is 9.99 Å². The van der Waals surface area contributed by atoms with E-state index in [1.165, 1.54) is 11.5 Å². The lowest BCUT2D eigenvalue weighted by atomic mass is 10.2. The highest BCUT2D eigenvalue weighted by molar-refractivity contribution is 9.10. The van der Waals surface area contributed by atoms with E-state index in [-0.39, 0.29) is 5.56 Å². The van der Waals surface area contributed by atoms with Crippen LogP contribution in [0.4, 0.5) is 0 Å². The highest BCUT2D eigenvalue weighted by atomic mass is 79.9. The van der Waals surface area contributed by atoms with Gasteiger partial charge in [0.05, 0.1) is 34.6 Å². The number of nitrogens with zero attached hydrogens (tertiary/aromatic N) is 2. The number of benzene rings is 2. The minimum absolute atomic E-state index is 0.195. The van der Waals surface area contributed by atoms with Crippen molar-refractivity contribution < 1.29 is 9.53 Å². The van der Waals surface area contributed by atoms with Gasteiger partial charge in [-0.15, -0.1) is 0 Å². The molecule has 2 heterocycles. The predicted octanol–water partition coefficient (Wildman–Crippen LogP) is 2.88. The summed E-state index contributed by atoms with van der Waals surface area (Å²) in [4.78, 5) is 32.1. The number of aromatic amines is 1. The van der Waals surface area contributed by atoms with Gasteiger partial charge < -0.3 is 9.72 Å². The topological polar surface area (TPSA) is 76.5 Å². The average Bonchev–Trinajstić information content (AvgIpc) is 2.92. The monoisotopic (exact) mass is 371 g/mol. The van der Waals surface area contributed by atoms with Crippen LogP contribution in [0.3, 0.4) is 0 Å². The molecule has 0 aliphatic rings. The quantitative estimate of drug-likeness (QED) is 0.522. The summed E-state index contributed by atoms with van der Waals surface area (Å²) in [5, 5.41) is 0.501. The van der Waals surface area contributed by atoms with E-state index in [4.69, 9.17) is 4.74 Å². The molecule has 0 aliphatic heterocycles. The molecule has 2 aromatic heterocycles. The van der Waals surface area contributed by atoms with Gasteiger partial charge in [-0.05, 0) is 36.4 Å². The minimum Gasteiger partial charge on any atom is -0.465 e. The van der Waals surface area contributed by atoms with E-state index in [0.29, 0.717) is 27.8 Å². The normalized spacial score (nSPS) is 11.4. The zero-order chi connectivity index (χ0) is 16.1. The van der Waals surface area contributed by atoms with Crippen molar-refractivity contribution in [3.05, 3.63) is 56.8 Å². The fraction of sp³-hybridized carbons (Fsp3) is 0.0625. The Bertz CT molecular complexity index is 1160. The molecular formula is C16H10BrN3O3. The fourth-order valence-electron chi connectivity index (χ4n) is 2.65. The number of H-pyrrole nitrogens is 1. The molecule has 0 radical (unpaired) electrons. The lowest BCUT2D eigenvalue weighted by molar-refractivity contribution is 0.0601. The molecule has 4 rings (SSSR count). The van der Waals surface area contributed by atoms with Gasteiger partial charge in [-0.3, -0.25) is 4.79 Å². The molecule has 23 heavy (non-hydrogen) atoms. The molecule has 0 bridgehead atoms. The molecule has 0 spiro atoms. The van der Waals surface area contributed by atoms with Gasteiger partial charge in [-0.1, -0.05) is 15.9 Å². The Balaban J connectivity index is 2.16. The number of hydrogen-bond acceptors (Lipinski definition) is 4. The van der Waals surface area contributed by atoms with Crippen LogP contribution in [0, 0.1) is 0 Å². The first-order chi connectivity index (χ1) is 11.1. The number of hydrogen-bond donors (Lipinski definition) is 1. The number of esters is 1. The number of methoxy groups -OCH3 is 1. The lowest BCUT2D eigenvalue weighted by Crippen LogP contribution is -2.14. The molecule has 0 aliphatic carbocycles. The van der Waals surface area contributed by atoms with Crippen LogP contribution in [0.25, 0.3) is 27.7 Å². The van der Waals surface area contributed by atoms with Crippen molar-refractivity contribution in [2.75, 3.05) is 7.11 Å². The zero-order valence-electron chi connectivity index (χ0n) is 12.0. The summed E-state index contributed by atoms with van der Waals surface area (Å²) in [6, 6.07) is 10.4. The Labute approximate surface area is 137 Å². The number of imidazole rings is 1. The zero-order valence-corrected chi connectivity index (χ0v) is 13.5. The van der Waals surface area contributed by atoms with Crippen LogP contribution in [0.2, 0.25) is 0 Å². The second-order valence-corrected chi connectivity index (χ2v) is 6.00. The number of ether oxygens (including phenoxy) is 1. The van der Waals surface area contributed by atoms with E-state index in [1.54, 1.807) is 30.3 Å². The largest absolute Gasteiger partial charge is 0.465 e. The second kappa shape index (κ2) is 4.92. The Kier molecular flexibility index (Phi) is 2.99. The van der Waals surface area contributed by atoms with Crippen LogP contribution in [-0.2, 0) is 4.74 Å². The maximum absolute atomic E-state index is 12.8. The standard InChI is InChI=1S/C16H10BrN3O3/c1-23-15(22)8-2-4-12-13(6-8)20-14(21)10-7-9(17)3-5-11(10)18-16(20)19-12/h2-7H,1H3,(H,18,19). The third-order valence-electron chi connectivity index (χ3n) is 3.74. The third-order valence-corrected chi connectivity index (χ3v) is 4.23. The Hall–Kier alpha value is -2.67. The van der Waals surface area contributed by atoms with Crippen LogP contribution in [0.5, 0.6) is 0 Å². The maximum Gasteiger partial charge on any atom is 0.337 e. The molecule has 4 aromatic rings. The molecule has 0 atom stereocenters. The SMILES string of the molecule is COC(=O)c1ccc2[nH]c3nc4ccc(Br)cc4c(=O)n3c2c1. The van der Waals surface area contributed by atoms with Crippen molar-refractivity contribution in [3.8, 4) is 0 Å². The van der Waals surface area contributed by atoms with Crippen molar-refractivity contribution in [2.45, 2.75) is 0 Å². The van der Waals surface area contributed by atoms with Gasteiger partial charge >= 0.3 is 5.97 Å². The van der Waals surface area contributed by atoms with E-state index in [2.05, 4.69) is 25.9 Å². The molecule has 0 saturated heterocycles. The molecule has 0 amide bonds. The number of carbonyl (C=O) groups is 1. The summed E-state index contributed by atoms with van der Waals surface area (Å²) in [6.07, 6.45) is 0. The van der Waals surface area contributed by atoms with Gasteiger partial charge in [0.15, 0.2) is 0 Å². The molecule has 2 aromatic carbocycles. The number of halogens is 1. The first-order valence-corrected chi connectivity index (χ1v) is 7.60. The fourth-order valence-corrected chi connectivity index (χ4v) is 3.01. The first-order valence-electron chi connectivity index (χ1n) is 6.80. The molecule has 114 valence electrons. The van der Waals surface area contributed by atoms with E-state index < -0.39 is 5.97 Å². The van der Waals surface area contributed by atoms with Crippen LogP contribution in [0.1, 0.15) is 10.4 Å². The Morgan fingerprint density at radius 2 is 2.09 bits per heavy atom. The second-order valence-electron chi connectivity index (χ2n) is 5.09. The summed E-state index contributed by atoms with van der Waals surface area (Å²) in [5.41, 5.74) is 2.10. The number of carbonyl (C=O) groups excluding carboxylic acids is 1. The smallest absolute Gasteiger partial charge is 0.337 e. The number of aromatic nitrogens is 3. The highest BCUT2D eigenvalue weighted by Gasteiger charge is 2.14. The van der Waals surface area contributed by atoms with Gasteiger partial charge in [-0.25, -0.2) is 14.2 Å². The van der Waals surface area contributed by atoms with Crippen molar-refractivity contribution >= 4 is 49.6 Å². The van der Waals surface area contributed by atoms with Crippen LogP contribution in [0.15, 0.2) is 45.7 Å². The maximum atomic E-state index is 12.8. The predicted molar refractivity (Wildman–Crippen MR) is 89.9 cm³/mol. The molecule has 6 nitrogen and oxygen atoms in total. The van der Waals surface area contributed by atoms with Crippen LogP contribution >= 0.6 is 15.9 Å². The molecule has 0 fully saturated rings. The van der Waals surface area contributed by atoms with E-state index in [1.807, 2.05) is 6.07 Å². The van der Waals surface area contributed by atoms with E-state index in [9.17, 15) is 9.59 Å². The summed E-state index contributed by atoms with van der Waals surface area (Å²) in [5.74, 6) is -0.0207.